The summed E-state index contributed by atoms with van der Waals surface area (Å²) in [6.45, 7) is 2.14. The second kappa shape index (κ2) is 9.91. The number of nitrogens with zero attached hydrogens (tertiary/aromatic N) is 1. The van der Waals surface area contributed by atoms with E-state index in [1.165, 1.54) is 12.8 Å². The molecule has 0 aliphatic rings. The minimum atomic E-state index is 0. The zero-order chi connectivity index (χ0) is 5.54. The molecule has 0 radical (unpaired) electrons. The molecule has 8 heavy (non-hydrogen) atoms. The highest BCUT2D eigenvalue weighted by Gasteiger charge is 1.79. The Morgan fingerprint density at radius 3 is 2.38 bits per heavy atom. The van der Waals surface area contributed by atoms with E-state index in [-0.39, 0.29) is 12.4 Å². The number of unbranched alkanes of at least 4 members (excludes halogenated alkanes) is 3. The first kappa shape index (κ1) is 10.7. The number of nitriles is 1. The fourth-order valence-corrected chi connectivity index (χ4v) is 0.454. The first-order valence-electron chi connectivity index (χ1n) is 2.78. The summed E-state index contributed by atoms with van der Waals surface area (Å²) in [7, 11) is 0. The lowest BCUT2D eigenvalue weighted by molar-refractivity contribution is 0.734. The van der Waals surface area contributed by atoms with E-state index in [0.717, 1.165) is 12.8 Å². The maximum absolute atomic E-state index is 8.04. The summed E-state index contributed by atoms with van der Waals surface area (Å²) < 4.78 is 0. The van der Waals surface area contributed by atoms with Crippen molar-refractivity contribution in [3.8, 4) is 6.07 Å². The molecule has 0 N–H and O–H groups in total. The molecule has 0 fully saturated rings. The maximum atomic E-state index is 8.04. The van der Waals surface area contributed by atoms with Crippen LogP contribution >= 0.6 is 12.4 Å². The van der Waals surface area contributed by atoms with Gasteiger partial charge in [0.2, 0.25) is 0 Å². The van der Waals surface area contributed by atoms with Crippen LogP contribution in [0.25, 0.3) is 0 Å². The van der Waals surface area contributed by atoms with E-state index < -0.39 is 0 Å². The molecule has 0 spiro atoms. The van der Waals surface area contributed by atoms with Crippen molar-refractivity contribution in [3.05, 3.63) is 0 Å². The lowest BCUT2D eigenvalue weighted by Crippen LogP contribution is -1.68. The Morgan fingerprint density at radius 2 is 2.00 bits per heavy atom. The molecule has 2 heteroatoms. The van der Waals surface area contributed by atoms with Crippen LogP contribution in [0.15, 0.2) is 0 Å². The number of hydrogen-bond donors (Lipinski definition) is 0. The molecule has 0 bridgehead atoms. The van der Waals surface area contributed by atoms with E-state index in [2.05, 4.69) is 13.0 Å². The van der Waals surface area contributed by atoms with Gasteiger partial charge in [-0.2, -0.15) is 5.26 Å². The maximum Gasteiger partial charge on any atom is 0.0621 e. The second-order valence-electron chi connectivity index (χ2n) is 1.62. The second-order valence-corrected chi connectivity index (χ2v) is 1.62. The van der Waals surface area contributed by atoms with Crippen LogP contribution in [0.1, 0.15) is 32.6 Å². The lowest BCUT2D eigenvalue weighted by Gasteiger charge is -1.84. The van der Waals surface area contributed by atoms with Gasteiger partial charge < -0.3 is 0 Å². The molecule has 0 heterocycles. The van der Waals surface area contributed by atoms with E-state index >= 15 is 0 Å². The molecule has 0 saturated carbocycles. The summed E-state index contributed by atoms with van der Waals surface area (Å²) in [5, 5.41) is 8.04. The van der Waals surface area contributed by atoms with E-state index in [9.17, 15) is 0 Å². The molecule has 0 atom stereocenters. The van der Waals surface area contributed by atoms with Gasteiger partial charge >= 0.3 is 0 Å². The number of halogens is 1. The highest BCUT2D eigenvalue weighted by Crippen LogP contribution is 1.95. The minimum Gasteiger partial charge on any atom is -0.198 e. The van der Waals surface area contributed by atoms with Gasteiger partial charge in [0.05, 0.1) is 6.07 Å². The van der Waals surface area contributed by atoms with Crippen LogP contribution in [0.2, 0.25) is 0 Å². The Bertz CT molecular complexity index is 65.4. The molecule has 0 aliphatic carbocycles. The van der Waals surface area contributed by atoms with Gasteiger partial charge in [-0.15, -0.1) is 12.4 Å². The molecule has 0 aromatic rings. The Balaban J connectivity index is 0. The number of rotatable bonds is 3. The Hall–Kier alpha value is -0.220. The monoisotopic (exact) mass is 133 g/mol. The van der Waals surface area contributed by atoms with Gasteiger partial charge in [-0.25, -0.2) is 0 Å². The van der Waals surface area contributed by atoms with Gasteiger partial charge in [-0.1, -0.05) is 19.8 Å². The van der Waals surface area contributed by atoms with Crippen molar-refractivity contribution in [3.63, 3.8) is 0 Å². The fraction of sp³-hybridized carbons (Fsp3) is 0.833. The normalized spacial score (nSPS) is 7.00. The van der Waals surface area contributed by atoms with E-state index in [4.69, 9.17) is 5.26 Å². The van der Waals surface area contributed by atoms with Crippen LogP contribution < -0.4 is 0 Å². The quantitative estimate of drug-likeness (QED) is 0.543. The highest BCUT2D eigenvalue weighted by atomic mass is 35.5. The van der Waals surface area contributed by atoms with Crippen LogP contribution in [0, 0.1) is 11.3 Å². The van der Waals surface area contributed by atoms with Gasteiger partial charge in [-0.3, -0.25) is 0 Å². The third-order valence-corrected chi connectivity index (χ3v) is 0.892. The average Bonchev–Trinajstić information content (AvgIpc) is 1.69. The first-order chi connectivity index (χ1) is 3.41. The van der Waals surface area contributed by atoms with Crippen LogP contribution in [0.3, 0.4) is 0 Å². The van der Waals surface area contributed by atoms with Crippen LogP contribution in [-0.2, 0) is 0 Å². The van der Waals surface area contributed by atoms with E-state index in [1.807, 2.05) is 0 Å². The molecule has 0 aromatic carbocycles. The SMILES string of the molecule is CCCCCC#N.Cl. The lowest BCUT2D eigenvalue weighted by atomic mass is 10.2. The van der Waals surface area contributed by atoms with Crippen LogP contribution in [-0.4, -0.2) is 0 Å². The predicted molar refractivity (Wildman–Crippen MR) is 37.0 cm³/mol. The summed E-state index contributed by atoms with van der Waals surface area (Å²) in [6, 6.07) is 2.10. The summed E-state index contributed by atoms with van der Waals surface area (Å²) in [4.78, 5) is 0. The zero-order valence-electron chi connectivity index (χ0n) is 5.18. The molecular formula is C6H12ClN. The summed E-state index contributed by atoms with van der Waals surface area (Å²) in [6.07, 6.45) is 4.22. The third kappa shape index (κ3) is 9.24. The van der Waals surface area contributed by atoms with Crippen molar-refractivity contribution in [1.29, 1.82) is 5.26 Å². The average molecular weight is 134 g/mol. The summed E-state index contributed by atoms with van der Waals surface area (Å²) in [5.41, 5.74) is 0. The van der Waals surface area contributed by atoms with E-state index in [1.54, 1.807) is 0 Å². The van der Waals surface area contributed by atoms with Gasteiger partial charge in [0.15, 0.2) is 0 Å². The highest BCUT2D eigenvalue weighted by molar-refractivity contribution is 5.85. The molecule has 0 unspecified atom stereocenters. The van der Waals surface area contributed by atoms with Gasteiger partial charge in [0.1, 0.15) is 0 Å². The molecular weight excluding hydrogens is 122 g/mol. The Kier molecular flexibility index (Phi) is 13.3. The van der Waals surface area contributed by atoms with E-state index in [0.29, 0.717) is 0 Å². The van der Waals surface area contributed by atoms with Crippen molar-refractivity contribution in [2.45, 2.75) is 32.6 Å². The van der Waals surface area contributed by atoms with Gasteiger partial charge in [-0.05, 0) is 6.42 Å². The Labute approximate surface area is 57.1 Å². The summed E-state index contributed by atoms with van der Waals surface area (Å²) >= 11 is 0. The molecule has 0 rings (SSSR count). The van der Waals surface area contributed by atoms with Crippen molar-refractivity contribution >= 4 is 12.4 Å². The minimum absolute atomic E-state index is 0. The molecule has 0 saturated heterocycles. The molecule has 0 aliphatic heterocycles. The van der Waals surface area contributed by atoms with Crippen molar-refractivity contribution in [1.82, 2.24) is 0 Å². The van der Waals surface area contributed by atoms with Crippen molar-refractivity contribution in [2.75, 3.05) is 0 Å². The van der Waals surface area contributed by atoms with Gasteiger partial charge in [0, 0.05) is 6.42 Å². The standard InChI is InChI=1S/C6H11N.ClH/c1-2-3-4-5-6-7;/h2-5H2,1H3;1H. The van der Waals surface area contributed by atoms with Gasteiger partial charge in [0.25, 0.3) is 0 Å². The largest absolute Gasteiger partial charge is 0.198 e. The Morgan fingerprint density at radius 1 is 1.38 bits per heavy atom. The topological polar surface area (TPSA) is 23.8 Å². The summed E-state index contributed by atoms with van der Waals surface area (Å²) in [5.74, 6) is 0. The fourth-order valence-electron chi connectivity index (χ4n) is 0.454. The van der Waals surface area contributed by atoms with Crippen molar-refractivity contribution in [2.24, 2.45) is 0 Å². The molecule has 1 nitrogen and oxygen atoms in total. The van der Waals surface area contributed by atoms with Crippen LogP contribution in [0.4, 0.5) is 0 Å². The first-order valence-corrected chi connectivity index (χ1v) is 2.78. The predicted octanol–water partition coefficient (Wildman–Crippen LogP) is 2.51. The van der Waals surface area contributed by atoms with Crippen molar-refractivity contribution < 1.29 is 0 Å². The zero-order valence-corrected chi connectivity index (χ0v) is 6.00. The molecule has 0 amide bonds. The number of hydrogen-bond acceptors (Lipinski definition) is 1. The third-order valence-electron chi connectivity index (χ3n) is 0.892. The van der Waals surface area contributed by atoms with Crippen LogP contribution in [0.5, 0.6) is 0 Å². The molecule has 0 aromatic heterocycles. The molecule has 48 valence electrons. The smallest absolute Gasteiger partial charge is 0.0621 e.